The number of hydrogen-bond donors (Lipinski definition) is 1. The van der Waals surface area contributed by atoms with Gasteiger partial charge in [-0.2, -0.15) is 5.10 Å². The molecule has 2 rings (SSSR count). The normalized spacial score (nSPS) is 28.0. The Bertz CT molecular complexity index is 414. The Kier molecular flexibility index (Phi) is 5.07. The fourth-order valence-electron chi connectivity index (χ4n) is 3.38. The van der Waals surface area contributed by atoms with E-state index in [1.165, 1.54) is 31.4 Å². The topological polar surface area (TPSA) is 43.8 Å². The van der Waals surface area contributed by atoms with Crippen molar-refractivity contribution >= 4 is 15.9 Å². The molecule has 0 bridgehead atoms. The first-order chi connectivity index (χ1) is 9.04. The van der Waals surface area contributed by atoms with Crippen LogP contribution in [0.2, 0.25) is 0 Å². The molecule has 0 amide bonds. The van der Waals surface area contributed by atoms with E-state index in [1.807, 2.05) is 6.20 Å². The Morgan fingerprint density at radius 1 is 1.47 bits per heavy atom. The molecule has 0 radical (unpaired) electrons. The van der Waals surface area contributed by atoms with E-state index >= 15 is 0 Å². The Balaban J connectivity index is 2.25. The van der Waals surface area contributed by atoms with Crippen LogP contribution in [0.15, 0.2) is 10.7 Å². The fourth-order valence-corrected chi connectivity index (χ4v) is 3.94. The minimum absolute atomic E-state index is 0.276. The highest BCUT2D eigenvalue weighted by Gasteiger charge is 2.32. The van der Waals surface area contributed by atoms with Crippen molar-refractivity contribution in [1.82, 2.24) is 9.78 Å². The fraction of sp³-hybridized carbons (Fsp3) is 0.800. The third kappa shape index (κ3) is 3.22. The van der Waals surface area contributed by atoms with Crippen LogP contribution in [-0.4, -0.2) is 15.8 Å². The zero-order valence-corrected chi connectivity index (χ0v) is 13.9. The van der Waals surface area contributed by atoms with E-state index < -0.39 is 0 Å². The van der Waals surface area contributed by atoms with Crippen molar-refractivity contribution in [2.45, 2.75) is 70.9 Å². The molecule has 1 aromatic rings. The highest BCUT2D eigenvalue weighted by molar-refractivity contribution is 9.10. The summed E-state index contributed by atoms with van der Waals surface area (Å²) in [7, 11) is 0. The molecule has 3 atom stereocenters. The quantitative estimate of drug-likeness (QED) is 0.898. The lowest BCUT2D eigenvalue weighted by atomic mass is 9.75. The molecule has 1 aliphatic carbocycles. The van der Waals surface area contributed by atoms with Crippen molar-refractivity contribution in [3.8, 4) is 0 Å². The summed E-state index contributed by atoms with van der Waals surface area (Å²) in [6.07, 6.45) is 8.18. The van der Waals surface area contributed by atoms with E-state index in [2.05, 4.69) is 46.5 Å². The first kappa shape index (κ1) is 15.0. The summed E-state index contributed by atoms with van der Waals surface area (Å²) in [5.41, 5.74) is 7.71. The summed E-state index contributed by atoms with van der Waals surface area (Å²) in [5, 5.41) is 4.51. The molecule has 1 fully saturated rings. The minimum Gasteiger partial charge on any atom is -0.327 e. The van der Waals surface area contributed by atoms with Crippen LogP contribution in [0.4, 0.5) is 0 Å². The van der Waals surface area contributed by atoms with Gasteiger partial charge in [-0.3, -0.25) is 4.68 Å². The summed E-state index contributed by atoms with van der Waals surface area (Å²) < 4.78 is 3.27. The van der Waals surface area contributed by atoms with E-state index in [0.29, 0.717) is 12.0 Å². The van der Waals surface area contributed by atoms with Crippen LogP contribution in [0.1, 0.15) is 70.5 Å². The first-order valence-electron chi connectivity index (χ1n) is 7.53. The summed E-state index contributed by atoms with van der Waals surface area (Å²) in [5.74, 6) is 1.28. The number of rotatable bonds is 4. The number of nitrogens with zero attached hydrogens (tertiary/aromatic N) is 2. The largest absolute Gasteiger partial charge is 0.327 e. The van der Waals surface area contributed by atoms with Crippen LogP contribution in [-0.2, 0) is 0 Å². The highest BCUT2D eigenvalue weighted by atomic mass is 79.9. The molecular weight excluding hydrogens is 302 g/mol. The maximum Gasteiger partial charge on any atom is 0.0635 e. The Morgan fingerprint density at radius 2 is 2.21 bits per heavy atom. The highest BCUT2D eigenvalue weighted by Crippen LogP contribution is 2.40. The molecule has 1 saturated carbocycles. The van der Waals surface area contributed by atoms with Crippen LogP contribution in [0.5, 0.6) is 0 Å². The number of halogens is 1. The molecule has 2 N–H and O–H groups in total. The van der Waals surface area contributed by atoms with Crippen LogP contribution < -0.4 is 5.73 Å². The van der Waals surface area contributed by atoms with E-state index in [1.54, 1.807) is 0 Å². The van der Waals surface area contributed by atoms with Gasteiger partial charge >= 0.3 is 0 Å². The lowest BCUT2D eigenvalue weighted by molar-refractivity contribution is 0.262. The average molecular weight is 328 g/mol. The average Bonchev–Trinajstić information content (AvgIpc) is 2.74. The first-order valence-corrected chi connectivity index (χ1v) is 8.32. The predicted octanol–water partition coefficient (Wildman–Crippen LogP) is 4.24. The number of nitrogens with two attached hydrogens (primary N) is 1. The number of hydrogen-bond acceptors (Lipinski definition) is 2. The van der Waals surface area contributed by atoms with Gasteiger partial charge in [0.1, 0.15) is 0 Å². The molecule has 3 unspecified atom stereocenters. The lowest BCUT2D eigenvalue weighted by Gasteiger charge is -2.35. The maximum atomic E-state index is 6.40. The Morgan fingerprint density at radius 3 is 2.84 bits per heavy atom. The third-order valence-corrected chi connectivity index (χ3v) is 4.95. The molecule has 4 heteroatoms. The Hall–Kier alpha value is -0.350. The maximum absolute atomic E-state index is 6.40. The monoisotopic (exact) mass is 327 g/mol. The van der Waals surface area contributed by atoms with Gasteiger partial charge < -0.3 is 5.73 Å². The van der Waals surface area contributed by atoms with Crippen molar-refractivity contribution in [3.05, 3.63) is 16.4 Å². The van der Waals surface area contributed by atoms with Crippen molar-refractivity contribution in [1.29, 1.82) is 0 Å². The molecule has 0 aromatic carbocycles. The van der Waals surface area contributed by atoms with Crippen LogP contribution in [0.3, 0.4) is 0 Å². The zero-order valence-electron chi connectivity index (χ0n) is 12.3. The summed E-state index contributed by atoms with van der Waals surface area (Å²) >= 11 is 3.67. The molecule has 19 heavy (non-hydrogen) atoms. The molecule has 3 nitrogen and oxygen atoms in total. The van der Waals surface area contributed by atoms with Gasteiger partial charge in [0.2, 0.25) is 0 Å². The van der Waals surface area contributed by atoms with Gasteiger partial charge in [-0.1, -0.05) is 19.8 Å². The van der Waals surface area contributed by atoms with Crippen molar-refractivity contribution in [3.63, 3.8) is 0 Å². The lowest BCUT2D eigenvalue weighted by Crippen LogP contribution is -2.36. The van der Waals surface area contributed by atoms with Crippen LogP contribution in [0, 0.1) is 5.92 Å². The molecule has 0 spiro atoms. The van der Waals surface area contributed by atoms with Gasteiger partial charge in [-0.25, -0.2) is 0 Å². The van der Waals surface area contributed by atoms with E-state index in [0.717, 1.165) is 16.8 Å². The molecular formula is C15H26BrN3. The minimum atomic E-state index is 0.276. The van der Waals surface area contributed by atoms with Gasteiger partial charge in [-0.15, -0.1) is 0 Å². The predicted molar refractivity (Wildman–Crippen MR) is 83.3 cm³/mol. The second-order valence-electron chi connectivity index (χ2n) is 6.15. The smallest absolute Gasteiger partial charge is 0.0635 e. The zero-order chi connectivity index (χ0) is 14.0. The molecule has 1 aliphatic rings. The van der Waals surface area contributed by atoms with Crippen LogP contribution >= 0.6 is 15.9 Å². The second-order valence-corrected chi connectivity index (χ2v) is 7.01. The van der Waals surface area contributed by atoms with Gasteiger partial charge in [-0.05, 0) is 55.0 Å². The summed E-state index contributed by atoms with van der Waals surface area (Å²) in [6, 6.07) is 0.665. The van der Waals surface area contributed by atoms with E-state index in [-0.39, 0.29) is 6.04 Å². The van der Waals surface area contributed by atoms with Crippen molar-refractivity contribution in [2.24, 2.45) is 11.7 Å². The van der Waals surface area contributed by atoms with Gasteiger partial charge in [0.15, 0.2) is 0 Å². The van der Waals surface area contributed by atoms with Crippen molar-refractivity contribution in [2.75, 3.05) is 0 Å². The molecule has 1 heterocycles. The van der Waals surface area contributed by atoms with Gasteiger partial charge in [0.05, 0.1) is 16.4 Å². The van der Waals surface area contributed by atoms with E-state index in [4.69, 9.17) is 5.73 Å². The summed E-state index contributed by atoms with van der Waals surface area (Å²) in [4.78, 5) is 0. The molecule has 0 saturated heterocycles. The van der Waals surface area contributed by atoms with Crippen LogP contribution in [0.25, 0.3) is 0 Å². The Labute approximate surface area is 125 Å². The van der Waals surface area contributed by atoms with Gasteiger partial charge in [0, 0.05) is 18.0 Å². The third-order valence-electron chi connectivity index (χ3n) is 4.34. The van der Waals surface area contributed by atoms with E-state index in [9.17, 15) is 0 Å². The van der Waals surface area contributed by atoms with Gasteiger partial charge in [0.25, 0.3) is 0 Å². The van der Waals surface area contributed by atoms with Crippen molar-refractivity contribution < 1.29 is 0 Å². The SMILES string of the molecule is CCCC1CCC(N)C(c2c(Br)cnn2C(C)C)C1. The summed E-state index contributed by atoms with van der Waals surface area (Å²) in [6.45, 7) is 6.64. The molecule has 1 aromatic heterocycles. The number of aromatic nitrogens is 2. The second kappa shape index (κ2) is 6.40. The standard InChI is InChI=1S/C15H26BrN3/c1-4-5-11-6-7-14(17)12(8-11)15-13(16)9-18-19(15)10(2)3/h9-12,14H,4-8,17H2,1-3H3. The molecule has 108 valence electrons. The molecule has 0 aliphatic heterocycles.